The van der Waals surface area contributed by atoms with Gasteiger partial charge >= 0.3 is 0 Å². The Morgan fingerprint density at radius 2 is 2.30 bits per heavy atom. The van der Waals surface area contributed by atoms with Crippen molar-refractivity contribution in [2.45, 2.75) is 31.5 Å². The molecule has 0 saturated heterocycles. The van der Waals surface area contributed by atoms with E-state index in [4.69, 9.17) is 16.9 Å². The Morgan fingerprint density at radius 3 is 3.00 bits per heavy atom. The minimum absolute atomic E-state index is 0.0482. The zero-order valence-electron chi connectivity index (χ0n) is 11.1. The third kappa shape index (κ3) is 3.14. The number of rotatable bonds is 5. The third-order valence-electron chi connectivity index (χ3n) is 2.77. The third-order valence-corrected chi connectivity index (χ3v) is 3.99. The van der Waals surface area contributed by atoms with Gasteiger partial charge < -0.3 is 0 Å². The second-order valence-electron chi connectivity index (χ2n) is 4.27. The highest BCUT2D eigenvalue weighted by atomic mass is 35.5. The fourth-order valence-electron chi connectivity index (χ4n) is 1.89. The van der Waals surface area contributed by atoms with Gasteiger partial charge in [-0.2, -0.15) is 5.26 Å². The van der Waals surface area contributed by atoms with E-state index in [0.29, 0.717) is 39.8 Å². The number of thioether (sulfide) groups is 1. The smallest absolute Gasteiger partial charge is 0.262 e. The molecule has 1 aromatic carbocycles. The lowest BCUT2D eigenvalue weighted by Gasteiger charge is -2.11. The summed E-state index contributed by atoms with van der Waals surface area (Å²) in [6, 6.07) is 7.20. The van der Waals surface area contributed by atoms with Gasteiger partial charge in [0.05, 0.1) is 17.0 Å². The average molecular weight is 308 g/mol. The van der Waals surface area contributed by atoms with Crippen LogP contribution in [0.15, 0.2) is 28.2 Å². The number of fused-ring (bicyclic) bond motifs is 1. The van der Waals surface area contributed by atoms with Crippen LogP contribution in [0, 0.1) is 11.3 Å². The van der Waals surface area contributed by atoms with Gasteiger partial charge in [-0.05, 0) is 24.6 Å². The van der Waals surface area contributed by atoms with Crippen molar-refractivity contribution in [3.05, 3.63) is 33.6 Å². The van der Waals surface area contributed by atoms with Gasteiger partial charge in [0.2, 0.25) is 0 Å². The van der Waals surface area contributed by atoms with Gasteiger partial charge in [-0.3, -0.25) is 9.36 Å². The van der Waals surface area contributed by atoms with Crippen molar-refractivity contribution in [1.29, 1.82) is 5.26 Å². The topological polar surface area (TPSA) is 58.7 Å². The number of nitriles is 1. The number of nitrogens with zero attached hydrogens (tertiary/aromatic N) is 3. The van der Waals surface area contributed by atoms with E-state index >= 15 is 0 Å². The molecule has 0 bridgehead atoms. The predicted octanol–water partition coefficient (Wildman–Crippen LogP) is 3.47. The molecule has 0 atom stereocenters. The van der Waals surface area contributed by atoms with E-state index in [-0.39, 0.29) is 5.56 Å². The molecule has 0 aliphatic rings. The van der Waals surface area contributed by atoms with Crippen LogP contribution in [0.1, 0.15) is 19.8 Å². The van der Waals surface area contributed by atoms with E-state index in [1.165, 1.54) is 11.8 Å². The summed E-state index contributed by atoms with van der Waals surface area (Å²) in [6.45, 7) is 2.64. The van der Waals surface area contributed by atoms with E-state index in [9.17, 15) is 4.79 Å². The number of aromatic nitrogens is 2. The SMILES string of the molecule is CCCn1c(SCCC#N)nc2cc(Cl)ccc2c1=O. The molecule has 0 unspecified atom stereocenters. The summed E-state index contributed by atoms with van der Waals surface area (Å²) in [7, 11) is 0. The molecular weight excluding hydrogens is 294 g/mol. The van der Waals surface area contributed by atoms with Crippen LogP contribution in [0.2, 0.25) is 5.02 Å². The van der Waals surface area contributed by atoms with Gasteiger partial charge in [0.25, 0.3) is 5.56 Å². The first-order valence-corrected chi connectivity index (χ1v) is 7.73. The molecule has 2 aromatic rings. The largest absolute Gasteiger partial charge is 0.287 e. The summed E-state index contributed by atoms with van der Waals surface area (Å²) >= 11 is 7.39. The van der Waals surface area contributed by atoms with Crippen LogP contribution < -0.4 is 5.56 Å². The summed E-state index contributed by atoms with van der Waals surface area (Å²) in [5.74, 6) is 0.624. The zero-order chi connectivity index (χ0) is 14.5. The highest BCUT2D eigenvalue weighted by molar-refractivity contribution is 7.99. The Kier molecular flexibility index (Phi) is 5.05. The van der Waals surface area contributed by atoms with E-state index < -0.39 is 0 Å². The zero-order valence-corrected chi connectivity index (χ0v) is 12.7. The highest BCUT2D eigenvalue weighted by Crippen LogP contribution is 2.21. The standard InChI is InChI=1S/C14H14ClN3OS/c1-2-7-18-13(19)11-5-4-10(15)9-12(11)17-14(18)20-8-3-6-16/h4-5,9H,2-3,7-8H2,1H3. The van der Waals surface area contributed by atoms with E-state index in [2.05, 4.69) is 11.1 Å². The van der Waals surface area contributed by atoms with Crippen molar-refractivity contribution >= 4 is 34.3 Å². The fourth-order valence-corrected chi connectivity index (χ4v) is 2.93. The molecule has 0 N–H and O–H groups in total. The molecule has 1 aromatic heterocycles. The Labute approximate surface area is 126 Å². The lowest BCUT2D eigenvalue weighted by atomic mass is 10.2. The molecule has 0 spiro atoms. The molecule has 0 saturated carbocycles. The average Bonchev–Trinajstić information content (AvgIpc) is 2.43. The first-order valence-electron chi connectivity index (χ1n) is 6.37. The molecule has 2 rings (SSSR count). The van der Waals surface area contributed by atoms with Crippen LogP contribution in [0.3, 0.4) is 0 Å². The molecule has 0 fully saturated rings. The van der Waals surface area contributed by atoms with E-state index in [1.54, 1.807) is 22.8 Å². The molecule has 4 nitrogen and oxygen atoms in total. The van der Waals surface area contributed by atoms with Crippen molar-refractivity contribution in [3.63, 3.8) is 0 Å². The maximum atomic E-state index is 12.5. The molecule has 1 heterocycles. The monoisotopic (exact) mass is 307 g/mol. The fraction of sp³-hybridized carbons (Fsp3) is 0.357. The van der Waals surface area contributed by atoms with Crippen molar-refractivity contribution in [2.75, 3.05) is 5.75 Å². The quantitative estimate of drug-likeness (QED) is 0.482. The maximum Gasteiger partial charge on any atom is 0.262 e. The van der Waals surface area contributed by atoms with Gasteiger partial charge in [-0.15, -0.1) is 0 Å². The molecule has 20 heavy (non-hydrogen) atoms. The molecular formula is C14H14ClN3OS. The summed E-state index contributed by atoms with van der Waals surface area (Å²) in [6.07, 6.45) is 1.28. The Morgan fingerprint density at radius 1 is 1.50 bits per heavy atom. The van der Waals surface area contributed by atoms with E-state index in [1.807, 2.05) is 6.92 Å². The molecule has 0 radical (unpaired) electrons. The molecule has 0 amide bonds. The lowest BCUT2D eigenvalue weighted by molar-refractivity contribution is 0.585. The van der Waals surface area contributed by atoms with Gasteiger partial charge in [-0.1, -0.05) is 30.3 Å². The van der Waals surface area contributed by atoms with Crippen molar-refractivity contribution in [2.24, 2.45) is 0 Å². The summed E-state index contributed by atoms with van der Waals surface area (Å²) in [4.78, 5) is 17.0. The van der Waals surface area contributed by atoms with Crippen molar-refractivity contribution < 1.29 is 0 Å². The first kappa shape index (κ1) is 14.9. The van der Waals surface area contributed by atoms with E-state index in [0.717, 1.165) is 6.42 Å². The number of hydrogen-bond acceptors (Lipinski definition) is 4. The minimum Gasteiger partial charge on any atom is -0.287 e. The van der Waals surface area contributed by atoms with Crippen LogP contribution in [-0.4, -0.2) is 15.3 Å². The summed E-state index contributed by atoms with van der Waals surface area (Å²) < 4.78 is 1.68. The Hall–Kier alpha value is -1.51. The number of halogens is 1. The van der Waals surface area contributed by atoms with Crippen LogP contribution in [0.4, 0.5) is 0 Å². The number of hydrogen-bond donors (Lipinski definition) is 0. The van der Waals surface area contributed by atoms with Crippen molar-refractivity contribution in [3.8, 4) is 6.07 Å². The minimum atomic E-state index is -0.0482. The second-order valence-corrected chi connectivity index (χ2v) is 5.77. The predicted molar refractivity (Wildman–Crippen MR) is 82.3 cm³/mol. The molecule has 0 aliphatic heterocycles. The molecule has 6 heteroatoms. The van der Waals surface area contributed by atoms with Gasteiger partial charge in [0, 0.05) is 23.7 Å². The normalized spacial score (nSPS) is 10.7. The Bertz CT molecular complexity index is 721. The lowest BCUT2D eigenvalue weighted by Crippen LogP contribution is -2.23. The van der Waals surface area contributed by atoms with Gasteiger partial charge in [0.15, 0.2) is 5.16 Å². The summed E-state index contributed by atoms with van der Waals surface area (Å²) in [5, 5.41) is 10.4. The van der Waals surface area contributed by atoms with Crippen LogP contribution in [0.25, 0.3) is 10.9 Å². The molecule has 0 aliphatic carbocycles. The number of benzene rings is 1. The van der Waals surface area contributed by atoms with Crippen molar-refractivity contribution in [1.82, 2.24) is 9.55 Å². The van der Waals surface area contributed by atoms with Crippen LogP contribution in [0.5, 0.6) is 0 Å². The summed E-state index contributed by atoms with van der Waals surface area (Å²) in [5.41, 5.74) is 0.558. The highest BCUT2D eigenvalue weighted by Gasteiger charge is 2.11. The van der Waals surface area contributed by atoms with Crippen LogP contribution >= 0.6 is 23.4 Å². The van der Waals surface area contributed by atoms with Gasteiger partial charge in [-0.25, -0.2) is 4.98 Å². The second kappa shape index (κ2) is 6.78. The first-order chi connectivity index (χ1) is 9.67. The van der Waals surface area contributed by atoms with Crippen LogP contribution in [-0.2, 0) is 6.54 Å². The Balaban J connectivity index is 2.55. The molecule has 104 valence electrons. The van der Waals surface area contributed by atoms with Gasteiger partial charge in [0.1, 0.15) is 0 Å². The maximum absolute atomic E-state index is 12.5.